The Bertz CT molecular complexity index is 373. The van der Waals surface area contributed by atoms with Crippen LogP contribution in [0.2, 0.25) is 0 Å². The molecular weight excluding hydrogens is 192 g/mol. The Labute approximate surface area is 88.7 Å². The maximum Gasteiger partial charge on any atom is 0.198 e. The second-order valence-corrected chi connectivity index (χ2v) is 3.75. The smallest absolute Gasteiger partial charge is 0.198 e. The summed E-state index contributed by atoms with van der Waals surface area (Å²) in [5, 5.41) is 9.74. The Balaban J connectivity index is 2.32. The number of ketones is 1. The molecule has 3 heteroatoms. The zero-order chi connectivity index (χ0) is 10.8. The Morgan fingerprint density at radius 1 is 1.40 bits per heavy atom. The molecular formula is C12H14O3. The number of carbonyl (C=O) groups is 1. The average molecular weight is 206 g/mol. The van der Waals surface area contributed by atoms with Crippen LogP contribution < -0.4 is 4.74 Å². The lowest BCUT2D eigenvalue weighted by atomic mass is 9.96. The first kappa shape index (κ1) is 10.2. The van der Waals surface area contributed by atoms with Crippen molar-refractivity contribution in [2.45, 2.75) is 32.0 Å². The largest absolute Gasteiger partial charge is 0.486 e. The number of benzene rings is 1. The maximum absolute atomic E-state index is 11.8. The van der Waals surface area contributed by atoms with Crippen LogP contribution in [0.1, 0.15) is 30.1 Å². The van der Waals surface area contributed by atoms with E-state index < -0.39 is 12.2 Å². The number of ether oxygens (including phenoxy) is 1. The van der Waals surface area contributed by atoms with Crippen LogP contribution in [0.5, 0.6) is 5.75 Å². The van der Waals surface area contributed by atoms with Crippen LogP contribution in [0, 0.1) is 0 Å². The molecule has 0 radical (unpaired) electrons. The Hall–Kier alpha value is -1.35. The summed E-state index contributed by atoms with van der Waals surface area (Å²) < 4.78 is 5.58. The van der Waals surface area contributed by atoms with Gasteiger partial charge in [0.15, 0.2) is 11.9 Å². The molecule has 80 valence electrons. The lowest BCUT2D eigenvalue weighted by Gasteiger charge is -2.29. The van der Waals surface area contributed by atoms with E-state index in [1.807, 2.05) is 13.0 Å². The molecule has 0 aromatic heterocycles. The number of para-hydroxylation sites is 1. The van der Waals surface area contributed by atoms with Gasteiger partial charge in [-0.2, -0.15) is 0 Å². The van der Waals surface area contributed by atoms with Crippen molar-refractivity contribution in [2.75, 3.05) is 0 Å². The van der Waals surface area contributed by atoms with Gasteiger partial charge in [0.05, 0.1) is 5.56 Å². The molecule has 0 amide bonds. The van der Waals surface area contributed by atoms with Crippen LogP contribution in [0.25, 0.3) is 0 Å². The van der Waals surface area contributed by atoms with Gasteiger partial charge in [0.25, 0.3) is 0 Å². The van der Waals surface area contributed by atoms with Gasteiger partial charge in [-0.15, -0.1) is 0 Å². The van der Waals surface area contributed by atoms with Crippen molar-refractivity contribution >= 4 is 5.78 Å². The van der Waals surface area contributed by atoms with Crippen LogP contribution >= 0.6 is 0 Å². The predicted octanol–water partition coefficient (Wildman–Crippen LogP) is 1.79. The van der Waals surface area contributed by atoms with E-state index in [4.69, 9.17) is 4.74 Å². The Morgan fingerprint density at radius 3 is 2.87 bits per heavy atom. The minimum absolute atomic E-state index is 0.227. The van der Waals surface area contributed by atoms with E-state index in [1.165, 1.54) is 0 Å². The normalized spacial score (nSPS) is 24.5. The molecule has 1 heterocycles. The summed E-state index contributed by atoms with van der Waals surface area (Å²) in [5.41, 5.74) is 0.484. The van der Waals surface area contributed by atoms with E-state index >= 15 is 0 Å². The number of fused-ring (bicyclic) bond motifs is 1. The molecule has 1 aromatic rings. The number of rotatable bonds is 2. The molecule has 2 rings (SSSR count). The van der Waals surface area contributed by atoms with Gasteiger partial charge in [-0.05, 0) is 18.6 Å². The second kappa shape index (κ2) is 4.03. The summed E-state index contributed by atoms with van der Waals surface area (Å²) in [6.07, 6.45) is 0.176. The van der Waals surface area contributed by atoms with Gasteiger partial charge in [-0.1, -0.05) is 25.5 Å². The average Bonchev–Trinajstić information content (AvgIpc) is 2.26. The topological polar surface area (TPSA) is 46.5 Å². The summed E-state index contributed by atoms with van der Waals surface area (Å²) in [7, 11) is 0. The number of carbonyl (C=O) groups excluding carboxylic acids is 1. The van der Waals surface area contributed by atoms with Crippen LogP contribution in [0.15, 0.2) is 24.3 Å². The van der Waals surface area contributed by atoms with Gasteiger partial charge in [0.2, 0.25) is 0 Å². The number of Topliss-reactive ketones (excluding diaryl/α,β-unsaturated/α-hetero) is 1. The summed E-state index contributed by atoms with van der Waals surface area (Å²) in [6.45, 7) is 2.00. The third-order valence-corrected chi connectivity index (χ3v) is 2.62. The Morgan fingerprint density at radius 2 is 2.13 bits per heavy atom. The van der Waals surface area contributed by atoms with E-state index in [1.54, 1.807) is 18.2 Å². The summed E-state index contributed by atoms with van der Waals surface area (Å²) >= 11 is 0. The molecule has 0 saturated heterocycles. The van der Waals surface area contributed by atoms with Crippen LogP contribution in [0.4, 0.5) is 0 Å². The molecule has 0 aliphatic carbocycles. The zero-order valence-electron chi connectivity index (χ0n) is 8.64. The first-order valence-corrected chi connectivity index (χ1v) is 5.22. The van der Waals surface area contributed by atoms with Crippen LogP contribution in [0.3, 0.4) is 0 Å². The number of aliphatic hydroxyl groups is 1. The minimum Gasteiger partial charge on any atom is -0.486 e. The van der Waals surface area contributed by atoms with Crippen molar-refractivity contribution in [3.63, 3.8) is 0 Å². The molecule has 15 heavy (non-hydrogen) atoms. The molecule has 1 aromatic carbocycles. The molecule has 0 fully saturated rings. The molecule has 3 nitrogen and oxygen atoms in total. The van der Waals surface area contributed by atoms with Crippen molar-refractivity contribution < 1.29 is 14.6 Å². The lowest BCUT2D eigenvalue weighted by Crippen LogP contribution is -2.42. The molecule has 1 N–H and O–H groups in total. The van der Waals surface area contributed by atoms with Gasteiger partial charge in [0.1, 0.15) is 11.9 Å². The molecule has 0 unspecified atom stereocenters. The highest BCUT2D eigenvalue weighted by atomic mass is 16.5. The fourth-order valence-corrected chi connectivity index (χ4v) is 1.83. The molecule has 2 atom stereocenters. The highest BCUT2D eigenvalue weighted by Gasteiger charge is 2.34. The van der Waals surface area contributed by atoms with Gasteiger partial charge in [-0.25, -0.2) is 0 Å². The highest BCUT2D eigenvalue weighted by molar-refractivity contribution is 6.03. The van der Waals surface area contributed by atoms with Crippen molar-refractivity contribution in [3.8, 4) is 5.75 Å². The van der Waals surface area contributed by atoms with Gasteiger partial charge < -0.3 is 9.84 Å². The standard InChI is InChI=1S/C12H14O3/c1-2-5-10-12(14)11(13)8-6-3-4-7-9(8)15-10/h3-4,6-7,10,12,14H,2,5H2,1H3/t10-,12-/m1/s1. The Kier molecular flexibility index (Phi) is 2.73. The fourth-order valence-electron chi connectivity index (χ4n) is 1.83. The van der Waals surface area contributed by atoms with Gasteiger partial charge in [-0.3, -0.25) is 4.79 Å². The molecule has 1 aliphatic rings. The van der Waals surface area contributed by atoms with Gasteiger partial charge >= 0.3 is 0 Å². The second-order valence-electron chi connectivity index (χ2n) is 3.75. The zero-order valence-corrected chi connectivity index (χ0v) is 8.64. The quantitative estimate of drug-likeness (QED) is 0.802. The van der Waals surface area contributed by atoms with Crippen molar-refractivity contribution in [3.05, 3.63) is 29.8 Å². The number of hydrogen-bond acceptors (Lipinski definition) is 3. The minimum atomic E-state index is -1.01. The highest BCUT2D eigenvalue weighted by Crippen LogP contribution is 2.28. The maximum atomic E-state index is 11.8. The van der Waals surface area contributed by atoms with Crippen molar-refractivity contribution in [1.82, 2.24) is 0 Å². The van der Waals surface area contributed by atoms with Crippen LogP contribution in [-0.2, 0) is 0 Å². The summed E-state index contributed by atoms with van der Waals surface area (Å²) in [4.78, 5) is 11.8. The first-order valence-electron chi connectivity index (χ1n) is 5.22. The summed E-state index contributed by atoms with van der Waals surface area (Å²) in [6, 6.07) is 7.05. The van der Waals surface area contributed by atoms with Crippen LogP contribution in [-0.4, -0.2) is 23.1 Å². The van der Waals surface area contributed by atoms with Crippen molar-refractivity contribution in [2.24, 2.45) is 0 Å². The van der Waals surface area contributed by atoms with E-state index in [0.717, 1.165) is 6.42 Å². The summed E-state index contributed by atoms with van der Waals surface area (Å²) in [5.74, 6) is 0.363. The SMILES string of the molecule is CCC[C@H]1Oc2ccccc2C(=O)[C@@H]1O. The predicted molar refractivity (Wildman–Crippen MR) is 56.1 cm³/mol. The molecule has 1 aliphatic heterocycles. The van der Waals surface area contributed by atoms with Gasteiger partial charge in [0, 0.05) is 0 Å². The number of hydrogen-bond donors (Lipinski definition) is 1. The first-order chi connectivity index (χ1) is 7.24. The fraction of sp³-hybridized carbons (Fsp3) is 0.417. The van der Waals surface area contributed by atoms with E-state index in [9.17, 15) is 9.90 Å². The van der Waals surface area contributed by atoms with E-state index in [-0.39, 0.29) is 5.78 Å². The lowest BCUT2D eigenvalue weighted by molar-refractivity contribution is 0.0191. The number of aliphatic hydroxyl groups excluding tert-OH is 1. The molecule has 0 bridgehead atoms. The third-order valence-electron chi connectivity index (χ3n) is 2.62. The third kappa shape index (κ3) is 1.75. The molecule has 0 saturated carbocycles. The van der Waals surface area contributed by atoms with E-state index in [2.05, 4.69) is 0 Å². The monoisotopic (exact) mass is 206 g/mol. The van der Waals surface area contributed by atoms with E-state index in [0.29, 0.717) is 17.7 Å². The van der Waals surface area contributed by atoms with Crippen molar-refractivity contribution in [1.29, 1.82) is 0 Å². The molecule has 0 spiro atoms.